The summed E-state index contributed by atoms with van der Waals surface area (Å²) in [5, 5.41) is 0. The summed E-state index contributed by atoms with van der Waals surface area (Å²) in [7, 11) is 0. The molecule has 2 rings (SSSR count). The molecule has 0 radical (unpaired) electrons. The number of nitrogens with two attached hydrogens (primary N) is 1. The molecule has 2 amide bonds. The van der Waals surface area contributed by atoms with Gasteiger partial charge < -0.3 is 10.6 Å². The monoisotopic (exact) mass is 208 g/mol. The van der Waals surface area contributed by atoms with E-state index in [-0.39, 0.29) is 17.7 Å². The molecular formula is C11H16N2O2. The van der Waals surface area contributed by atoms with Crippen molar-refractivity contribution in [3.8, 4) is 0 Å². The second kappa shape index (κ2) is 4.04. The molecule has 0 saturated carbocycles. The van der Waals surface area contributed by atoms with E-state index in [2.05, 4.69) is 0 Å². The summed E-state index contributed by atoms with van der Waals surface area (Å²) in [6.45, 7) is 1.18. The Kier molecular flexibility index (Phi) is 2.75. The van der Waals surface area contributed by atoms with Crippen molar-refractivity contribution < 1.29 is 9.59 Å². The molecule has 0 aromatic rings. The zero-order chi connectivity index (χ0) is 10.8. The van der Waals surface area contributed by atoms with Crippen LogP contribution in [-0.4, -0.2) is 29.8 Å². The highest BCUT2D eigenvalue weighted by atomic mass is 16.2. The van der Waals surface area contributed by atoms with Crippen LogP contribution in [0.4, 0.5) is 0 Å². The highest BCUT2D eigenvalue weighted by Crippen LogP contribution is 2.23. The van der Waals surface area contributed by atoms with Gasteiger partial charge in [0.25, 0.3) is 0 Å². The van der Waals surface area contributed by atoms with E-state index in [1.807, 2.05) is 6.08 Å². The van der Waals surface area contributed by atoms with E-state index >= 15 is 0 Å². The van der Waals surface area contributed by atoms with Crippen LogP contribution in [0, 0.1) is 5.92 Å². The second-order valence-corrected chi connectivity index (χ2v) is 4.26. The number of rotatable bonds is 2. The van der Waals surface area contributed by atoms with Gasteiger partial charge in [0, 0.05) is 18.7 Å². The summed E-state index contributed by atoms with van der Waals surface area (Å²) in [6, 6.07) is 0. The molecule has 0 spiro atoms. The van der Waals surface area contributed by atoms with Crippen LogP contribution in [0.5, 0.6) is 0 Å². The number of nitrogens with zero attached hydrogens (tertiary/aromatic N) is 1. The summed E-state index contributed by atoms with van der Waals surface area (Å²) >= 11 is 0. The largest absolute Gasteiger partial charge is 0.369 e. The molecule has 2 N–H and O–H groups in total. The van der Waals surface area contributed by atoms with Crippen molar-refractivity contribution in [2.45, 2.75) is 25.7 Å². The lowest BCUT2D eigenvalue weighted by Gasteiger charge is -2.16. The fraction of sp³-hybridized carbons (Fsp3) is 0.636. The second-order valence-electron chi connectivity index (χ2n) is 4.26. The van der Waals surface area contributed by atoms with Crippen molar-refractivity contribution in [1.82, 2.24) is 4.90 Å². The number of amides is 2. The topological polar surface area (TPSA) is 63.4 Å². The number of carbonyl (C=O) groups excluding carboxylic acids is 2. The van der Waals surface area contributed by atoms with E-state index in [4.69, 9.17) is 5.73 Å². The van der Waals surface area contributed by atoms with Crippen LogP contribution in [-0.2, 0) is 9.59 Å². The summed E-state index contributed by atoms with van der Waals surface area (Å²) < 4.78 is 0. The minimum Gasteiger partial charge on any atom is -0.369 e. The number of likely N-dealkylation sites (tertiary alicyclic amines) is 1. The number of carbonyl (C=O) groups is 2. The van der Waals surface area contributed by atoms with Gasteiger partial charge in [-0.15, -0.1) is 0 Å². The normalized spacial score (nSPS) is 25.5. The molecule has 1 heterocycles. The third-order valence-electron chi connectivity index (χ3n) is 3.19. The summed E-state index contributed by atoms with van der Waals surface area (Å²) in [5.74, 6) is -0.321. The Bertz CT molecular complexity index is 323. The first-order valence-corrected chi connectivity index (χ1v) is 5.46. The molecule has 2 aliphatic rings. The molecule has 4 nitrogen and oxygen atoms in total. The number of primary amides is 1. The first-order valence-electron chi connectivity index (χ1n) is 5.46. The average molecular weight is 208 g/mol. The number of hydrogen-bond acceptors (Lipinski definition) is 2. The highest BCUT2D eigenvalue weighted by molar-refractivity contribution is 5.94. The Balaban J connectivity index is 1.95. The smallest absolute Gasteiger partial charge is 0.249 e. The SMILES string of the molecule is NC(=O)C1CCN(C(=O)C2=CCCC2)C1. The molecule has 1 unspecified atom stereocenters. The number of allylic oxidation sites excluding steroid dienone is 1. The maximum atomic E-state index is 11.9. The van der Waals surface area contributed by atoms with Crippen molar-refractivity contribution in [2.75, 3.05) is 13.1 Å². The minimum absolute atomic E-state index is 0.108. The predicted octanol–water partition coefficient (Wildman–Crippen LogP) is 0.430. The van der Waals surface area contributed by atoms with Crippen molar-refractivity contribution in [1.29, 1.82) is 0 Å². The fourth-order valence-electron chi connectivity index (χ4n) is 2.25. The van der Waals surface area contributed by atoms with Crippen LogP contribution in [0.1, 0.15) is 25.7 Å². The van der Waals surface area contributed by atoms with Crippen LogP contribution >= 0.6 is 0 Å². The molecule has 0 aromatic carbocycles. The van der Waals surface area contributed by atoms with Crippen LogP contribution in [0.3, 0.4) is 0 Å². The van der Waals surface area contributed by atoms with E-state index in [0.29, 0.717) is 19.5 Å². The Labute approximate surface area is 89.1 Å². The molecule has 1 aliphatic carbocycles. The third kappa shape index (κ3) is 2.03. The molecule has 4 heteroatoms. The molecule has 82 valence electrons. The van der Waals surface area contributed by atoms with Crippen molar-refractivity contribution in [3.63, 3.8) is 0 Å². The van der Waals surface area contributed by atoms with Gasteiger partial charge >= 0.3 is 0 Å². The Morgan fingerprint density at radius 3 is 2.80 bits per heavy atom. The Hall–Kier alpha value is -1.32. The molecule has 1 aliphatic heterocycles. The molecule has 1 atom stereocenters. The average Bonchev–Trinajstić information content (AvgIpc) is 2.88. The lowest BCUT2D eigenvalue weighted by Crippen LogP contribution is -2.32. The van der Waals surface area contributed by atoms with Gasteiger partial charge in [-0.25, -0.2) is 0 Å². The standard InChI is InChI=1S/C11H16N2O2/c12-10(14)9-5-6-13(7-9)11(15)8-3-1-2-4-8/h3,9H,1-2,4-7H2,(H2,12,14). The Morgan fingerprint density at radius 2 is 2.27 bits per heavy atom. The van der Waals surface area contributed by atoms with Gasteiger partial charge in [-0.3, -0.25) is 9.59 Å². The van der Waals surface area contributed by atoms with E-state index in [1.54, 1.807) is 4.90 Å². The van der Waals surface area contributed by atoms with Gasteiger partial charge in [0.1, 0.15) is 0 Å². The van der Waals surface area contributed by atoms with E-state index < -0.39 is 0 Å². The first kappa shape index (κ1) is 10.2. The lowest BCUT2D eigenvalue weighted by atomic mass is 10.1. The lowest BCUT2D eigenvalue weighted by molar-refractivity contribution is -0.126. The molecular weight excluding hydrogens is 192 g/mol. The van der Waals surface area contributed by atoms with Gasteiger partial charge in [-0.2, -0.15) is 0 Å². The maximum absolute atomic E-state index is 11.9. The maximum Gasteiger partial charge on any atom is 0.249 e. The van der Waals surface area contributed by atoms with Gasteiger partial charge in [-0.1, -0.05) is 6.08 Å². The molecule has 1 saturated heterocycles. The zero-order valence-corrected chi connectivity index (χ0v) is 8.74. The van der Waals surface area contributed by atoms with Crippen LogP contribution in [0.15, 0.2) is 11.6 Å². The van der Waals surface area contributed by atoms with Crippen molar-refractivity contribution in [3.05, 3.63) is 11.6 Å². The summed E-state index contributed by atoms with van der Waals surface area (Å²) in [6.07, 6.45) is 5.70. The van der Waals surface area contributed by atoms with Gasteiger partial charge in [0.05, 0.1) is 5.92 Å². The first-order chi connectivity index (χ1) is 7.18. The Morgan fingerprint density at radius 1 is 1.47 bits per heavy atom. The van der Waals surface area contributed by atoms with Crippen molar-refractivity contribution >= 4 is 11.8 Å². The highest BCUT2D eigenvalue weighted by Gasteiger charge is 2.31. The number of hydrogen-bond donors (Lipinski definition) is 1. The van der Waals surface area contributed by atoms with Crippen molar-refractivity contribution in [2.24, 2.45) is 11.7 Å². The van der Waals surface area contributed by atoms with E-state index in [0.717, 1.165) is 24.8 Å². The van der Waals surface area contributed by atoms with Gasteiger partial charge in [-0.05, 0) is 25.7 Å². The van der Waals surface area contributed by atoms with Gasteiger partial charge in [0.15, 0.2) is 0 Å². The van der Waals surface area contributed by atoms with Crippen LogP contribution < -0.4 is 5.73 Å². The minimum atomic E-state index is -0.286. The molecule has 1 fully saturated rings. The summed E-state index contributed by atoms with van der Waals surface area (Å²) in [4.78, 5) is 24.6. The van der Waals surface area contributed by atoms with Gasteiger partial charge in [0.2, 0.25) is 11.8 Å². The predicted molar refractivity (Wildman–Crippen MR) is 55.8 cm³/mol. The quantitative estimate of drug-likeness (QED) is 0.715. The molecule has 15 heavy (non-hydrogen) atoms. The molecule has 0 aromatic heterocycles. The van der Waals surface area contributed by atoms with Crippen LogP contribution in [0.25, 0.3) is 0 Å². The van der Waals surface area contributed by atoms with E-state index in [9.17, 15) is 9.59 Å². The fourth-order valence-corrected chi connectivity index (χ4v) is 2.25. The third-order valence-corrected chi connectivity index (χ3v) is 3.19. The zero-order valence-electron chi connectivity index (χ0n) is 8.74. The van der Waals surface area contributed by atoms with Crippen LogP contribution in [0.2, 0.25) is 0 Å². The van der Waals surface area contributed by atoms with E-state index in [1.165, 1.54) is 0 Å². The summed E-state index contributed by atoms with van der Waals surface area (Å²) in [5.41, 5.74) is 6.14. The molecule has 0 bridgehead atoms.